The Balaban J connectivity index is 2.65. The first-order valence-corrected chi connectivity index (χ1v) is 3.96. The molecule has 0 fully saturated rings. The highest BCUT2D eigenvalue weighted by Crippen LogP contribution is 2.16. The van der Waals surface area contributed by atoms with Crippen molar-refractivity contribution in [3.8, 4) is 0 Å². The maximum absolute atomic E-state index is 10.4. The van der Waals surface area contributed by atoms with Gasteiger partial charge in [-0.2, -0.15) is 5.10 Å². The molecule has 1 rings (SSSR count). The van der Waals surface area contributed by atoms with Crippen LogP contribution in [0.25, 0.3) is 0 Å². The van der Waals surface area contributed by atoms with E-state index in [0.717, 1.165) is 0 Å². The van der Waals surface area contributed by atoms with Crippen LogP contribution in [0.4, 0.5) is 5.69 Å². The van der Waals surface area contributed by atoms with E-state index in [2.05, 4.69) is 10.2 Å². The van der Waals surface area contributed by atoms with Gasteiger partial charge in [-0.1, -0.05) is 0 Å². The molecule has 0 radical (unpaired) electrons. The van der Waals surface area contributed by atoms with E-state index in [0.29, 0.717) is 18.5 Å². The minimum atomic E-state index is -0.485. The topological polar surface area (TPSA) is 92.0 Å². The molecule has 0 aliphatic carbocycles. The minimum Gasteiger partial charge on any atom is -0.393 e. The smallest absolute Gasteiger partial charge is 0.309 e. The second-order valence-corrected chi connectivity index (χ2v) is 2.88. The van der Waals surface area contributed by atoms with Crippen molar-refractivity contribution in [3.05, 3.63) is 22.0 Å². The summed E-state index contributed by atoms with van der Waals surface area (Å²) in [5, 5.41) is 25.5. The summed E-state index contributed by atoms with van der Waals surface area (Å²) in [6.45, 7) is 1.64. The molecular formula is C7H11N3O3. The number of rotatable bonds is 4. The van der Waals surface area contributed by atoms with Crippen molar-refractivity contribution < 1.29 is 10.0 Å². The van der Waals surface area contributed by atoms with Crippen LogP contribution in [0.1, 0.15) is 19.0 Å². The summed E-state index contributed by atoms with van der Waals surface area (Å²) in [7, 11) is 0. The molecule has 1 atom stereocenters. The van der Waals surface area contributed by atoms with Crippen LogP contribution >= 0.6 is 0 Å². The van der Waals surface area contributed by atoms with Crippen LogP contribution in [0.3, 0.4) is 0 Å². The first-order chi connectivity index (χ1) is 6.11. The highest BCUT2D eigenvalue weighted by molar-refractivity contribution is 5.31. The van der Waals surface area contributed by atoms with Gasteiger partial charge in [0.05, 0.1) is 11.0 Å². The number of nitrogens with zero attached hydrogens (tertiary/aromatic N) is 2. The van der Waals surface area contributed by atoms with E-state index in [1.54, 1.807) is 6.92 Å². The molecule has 1 heterocycles. The lowest BCUT2D eigenvalue weighted by Crippen LogP contribution is -2.03. The number of aliphatic hydroxyl groups excluding tert-OH is 1. The Morgan fingerprint density at radius 3 is 3.08 bits per heavy atom. The minimum absolute atomic E-state index is 0.0133. The van der Waals surface area contributed by atoms with Crippen LogP contribution in [-0.4, -0.2) is 26.3 Å². The van der Waals surface area contributed by atoms with Crippen LogP contribution < -0.4 is 0 Å². The Bertz CT molecular complexity index is 295. The fourth-order valence-electron chi connectivity index (χ4n) is 1.00. The third-order valence-electron chi connectivity index (χ3n) is 1.70. The second kappa shape index (κ2) is 3.99. The number of aryl methyl sites for hydroxylation is 1. The molecule has 1 aromatic rings. The molecule has 0 spiro atoms. The van der Waals surface area contributed by atoms with Gasteiger partial charge in [-0.25, -0.2) is 0 Å². The van der Waals surface area contributed by atoms with Gasteiger partial charge in [0.15, 0.2) is 0 Å². The molecule has 6 nitrogen and oxygen atoms in total. The summed E-state index contributed by atoms with van der Waals surface area (Å²) < 4.78 is 0. The third kappa shape index (κ3) is 2.51. The zero-order valence-electron chi connectivity index (χ0n) is 7.23. The van der Waals surface area contributed by atoms with E-state index < -0.39 is 11.0 Å². The van der Waals surface area contributed by atoms with Crippen LogP contribution in [0, 0.1) is 10.1 Å². The van der Waals surface area contributed by atoms with Crippen molar-refractivity contribution >= 4 is 5.69 Å². The van der Waals surface area contributed by atoms with Crippen molar-refractivity contribution in [2.75, 3.05) is 0 Å². The maximum atomic E-state index is 10.4. The monoisotopic (exact) mass is 185 g/mol. The van der Waals surface area contributed by atoms with Gasteiger partial charge in [-0.15, -0.1) is 0 Å². The normalized spacial score (nSPS) is 12.8. The molecule has 0 aliphatic rings. The van der Waals surface area contributed by atoms with E-state index in [4.69, 9.17) is 5.11 Å². The van der Waals surface area contributed by atoms with Gasteiger partial charge < -0.3 is 5.11 Å². The molecular weight excluding hydrogens is 174 g/mol. The first-order valence-electron chi connectivity index (χ1n) is 3.96. The van der Waals surface area contributed by atoms with E-state index in [-0.39, 0.29) is 5.69 Å². The highest BCUT2D eigenvalue weighted by Gasteiger charge is 2.15. The van der Waals surface area contributed by atoms with E-state index in [9.17, 15) is 10.1 Å². The molecule has 0 aliphatic heterocycles. The molecule has 0 amide bonds. The Morgan fingerprint density at radius 1 is 1.85 bits per heavy atom. The number of hydrogen-bond donors (Lipinski definition) is 2. The van der Waals surface area contributed by atoms with Gasteiger partial charge in [-0.05, 0) is 19.8 Å². The molecule has 2 N–H and O–H groups in total. The molecule has 0 saturated carbocycles. The number of nitro groups is 1. The van der Waals surface area contributed by atoms with Crippen LogP contribution in [0.5, 0.6) is 0 Å². The van der Waals surface area contributed by atoms with Crippen LogP contribution in [0.15, 0.2) is 6.20 Å². The zero-order chi connectivity index (χ0) is 9.84. The van der Waals surface area contributed by atoms with E-state index >= 15 is 0 Å². The molecule has 13 heavy (non-hydrogen) atoms. The number of aromatic nitrogens is 2. The summed E-state index contributed by atoms with van der Waals surface area (Å²) >= 11 is 0. The van der Waals surface area contributed by atoms with Crippen LogP contribution in [-0.2, 0) is 6.42 Å². The van der Waals surface area contributed by atoms with Gasteiger partial charge in [0.25, 0.3) is 0 Å². The number of H-pyrrole nitrogens is 1. The Morgan fingerprint density at radius 2 is 2.54 bits per heavy atom. The lowest BCUT2D eigenvalue weighted by Gasteiger charge is -2.00. The number of aromatic amines is 1. The summed E-state index contributed by atoms with van der Waals surface area (Å²) in [5.41, 5.74) is 0.451. The highest BCUT2D eigenvalue weighted by atomic mass is 16.6. The van der Waals surface area contributed by atoms with Crippen molar-refractivity contribution in [1.82, 2.24) is 10.2 Å². The first kappa shape index (κ1) is 9.66. The Kier molecular flexibility index (Phi) is 2.97. The van der Waals surface area contributed by atoms with Gasteiger partial charge in [-0.3, -0.25) is 15.2 Å². The lowest BCUT2D eigenvalue weighted by molar-refractivity contribution is -0.385. The number of aliphatic hydroxyl groups is 1. The fraction of sp³-hybridized carbons (Fsp3) is 0.571. The lowest BCUT2D eigenvalue weighted by atomic mass is 10.1. The summed E-state index contributed by atoms with van der Waals surface area (Å²) in [5.74, 6) is 0. The molecule has 6 heteroatoms. The van der Waals surface area contributed by atoms with E-state index in [1.165, 1.54) is 6.20 Å². The molecule has 0 saturated heterocycles. The molecule has 0 aromatic carbocycles. The predicted molar refractivity (Wildman–Crippen MR) is 45.2 cm³/mol. The van der Waals surface area contributed by atoms with Crippen molar-refractivity contribution in [1.29, 1.82) is 0 Å². The van der Waals surface area contributed by atoms with Gasteiger partial charge in [0.2, 0.25) is 0 Å². The average Bonchev–Trinajstić information content (AvgIpc) is 2.47. The number of hydrogen-bond acceptors (Lipinski definition) is 4. The van der Waals surface area contributed by atoms with E-state index in [1.807, 2.05) is 0 Å². The fourth-order valence-corrected chi connectivity index (χ4v) is 1.00. The maximum Gasteiger partial charge on any atom is 0.309 e. The zero-order valence-corrected chi connectivity index (χ0v) is 7.23. The standard InChI is InChI=1S/C7H11N3O3/c1-5(11)2-3-6-7(10(12)13)4-8-9-6/h4-5,11H,2-3H2,1H3,(H,8,9)/t5-/m0/s1. The predicted octanol–water partition coefficient (Wildman–Crippen LogP) is 0.631. The summed E-state index contributed by atoms with van der Waals surface area (Å²) in [6.07, 6.45) is 1.65. The largest absolute Gasteiger partial charge is 0.393 e. The third-order valence-corrected chi connectivity index (χ3v) is 1.70. The molecule has 72 valence electrons. The van der Waals surface area contributed by atoms with Crippen molar-refractivity contribution in [2.24, 2.45) is 0 Å². The Hall–Kier alpha value is -1.43. The SMILES string of the molecule is C[C@H](O)CCc1[nH]ncc1[N+](=O)[O-]. The van der Waals surface area contributed by atoms with Crippen LogP contribution in [0.2, 0.25) is 0 Å². The second-order valence-electron chi connectivity index (χ2n) is 2.88. The Labute approximate surface area is 74.7 Å². The molecule has 0 unspecified atom stereocenters. The quantitative estimate of drug-likeness (QED) is 0.531. The summed E-state index contributed by atoms with van der Waals surface area (Å²) in [6, 6.07) is 0. The molecule has 0 bridgehead atoms. The average molecular weight is 185 g/mol. The van der Waals surface area contributed by atoms with Crippen molar-refractivity contribution in [3.63, 3.8) is 0 Å². The summed E-state index contributed by atoms with van der Waals surface area (Å²) in [4.78, 5) is 9.93. The van der Waals surface area contributed by atoms with Gasteiger partial charge >= 0.3 is 5.69 Å². The van der Waals surface area contributed by atoms with Gasteiger partial charge in [0.1, 0.15) is 11.9 Å². The number of nitrogens with one attached hydrogen (secondary N) is 1. The molecule has 1 aromatic heterocycles. The van der Waals surface area contributed by atoms with Crippen molar-refractivity contribution in [2.45, 2.75) is 25.9 Å². The van der Waals surface area contributed by atoms with Gasteiger partial charge in [0, 0.05) is 0 Å².